The van der Waals surface area contributed by atoms with Gasteiger partial charge in [0.25, 0.3) is 0 Å². The highest BCUT2D eigenvalue weighted by atomic mass is 14.2. The number of rotatable bonds is 2. The van der Waals surface area contributed by atoms with Gasteiger partial charge in [0.05, 0.1) is 0 Å². The summed E-state index contributed by atoms with van der Waals surface area (Å²) in [6.07, 6.45) is 9.78. The Balaban J connectivity index is 2.19. The minimum absolute atomic E-state index is 0.911. The lowest BCUT2D eigenvalue weighted by Gasteiger charge is -2.24. The molecule has 0 aromatic carbocycles. The summed E-state index contributed by atoms with van der Waals surface area (Å²) in [6, 6.07) is 0. The van der Waals surface area contributed by atoms with Gasteiger partial charge in [-0.25, -0.2) is 0 Å². The average molecular weight is 137 g/mol. The van der Waals surface area contributed by atoms with Crippen LogP contribution in [-0.4, -0.2) is 0 Å². The second kappa shape index (κ2) is 3.80. The van der Waals surface area contributed by atoms with Gasteiger partial charge >= 0.3 is 0 Å². The Morgan fingerprint density at radius 3 is 2.40 bits per heavy atom. The molecular formula is C10H17. The van der Waals surface area contributed by atoms with Crippen LogP contribution < -0.4 is 0 Å². The van der Waals surface area contributed by atoms with E-state index >= 15 is 0 Å². The fraction of sp³-hybridized carbons (Fsp3) is 0.800. The zero-order chi connectivity index (χ0) is 7.40. The first-order valence-corrected chi connectivity index (χ1v) is 4.33. The third kappa shape index (κ3) is 2.17. The molecule has 0 aromatic heterocycles. The van der Waals surface area contributed by atoms with E-state index in [1.165, 1.54) is 25.7 Å². The van der Waals surface area contributed by atoms with Crippen LogP contribution in [0.4, 0.5) is 0 Å². The highest BCUT2D eigenvalue weighted by Gasteiger charge is 2.16. The fourth-order valence-electron chi connectivity index (χ4n) is 1.74. The first-order chi connectivity index (χ1) is 4.83. The summed E-state index contributed by atoms with van der Waals surface area (Å²) in [5.41, 5.74) is 0. The molecular weight excluding hydrogens is 120 g/mol. The number of hydrogen-bond donors (Lipinski definition) is 0. The first-order valence-electron chi connectivity index (χ1n) is 4.33. The summed E-state index contributed by atoms with van der Waals surface area (Å²) in [4.78, 5) is 0. The normalized spacial score (nSPS) is 33.7. The molecule has 0 aromatic rings. The molecule has 0 saturated heterocycles. The molecule has 1 saturated carbocycles. The summed E-state index contributed by atoms with van der Waals surface area (Å²) in [5, 5.41) is 0. The summed E-state index contributed by atoms with van der Waals surface area (Å²) in [6.45, 7) is 6.00. The lowest BCUT2D eigenvalue weighted by Crippen LogP contribution is -2.11. The molecule has 0 heteroatoms. The molecule has 0 unspecified atom stereocenters. The zero-order valence-corrected chi connectivity index (χ0v) is 6.90. The van der Waals surface area contributed by atoms with E-state index in [2.05, 4.69) is 19.6 Å². The third-order valence-electron chi connectivity index (χ3n) is 2.57. The van der Waals surface area contributed by atoms with Crippen LogP contribution in [0.1, 0.15) is 39.0 Å². The smallest absolute Gasteiger partial charge is 0.0254 e. The molecule has 1 radical (unpaired) electrons. The van der Waals surface area contributed by atoms with Crippen LogP contribution in [0.25, 0.3) is 0 Å². The first kappa shape index (κ1) is 7.84. The van der Waals surface area contributed by atoms with E-state index in [1.54, 1.807) is 0 Å². The molecule has 1 aliphatic carbocycles. The standard InChI is InChI=1S/C10H17/c1-3-4-10-7-5-9(2)6-8-10/h9-10H,1,4-8H2,2H3. The Bertz CT molecular complexity index is 96.6. The van der Waals surface area contributed by atoms with E-state index < -0.39 is 0 Å². The predicted octanol–water partition coefficient (Wildman–Crippen LogP) is 3.19. The van der Waals surface area contributed by atoms with Crippen molar-refractivity contribution in [3.05, 3.63) is 12.7 Å². The van der Waals surface area contributed by atoms with Crippen molar-refractivity contribution in [2.75, 3.05) is 0 Å². The Morgan fingerprint density at radius 1 is 1.30 bits per heavy atom. The fourth-order valence-corrected chi connectivity index (χ4v) is 1.74. The van der Waals surface area contributed by atoms with Crippen LogP contribution in [0.3, 0.4) is 0 Å². The van der Waals surface area contributed by atoms with Crippen LogP contribution >= 0.6 is 0 Å². The van der Waals surface area contributed by atoms with Crippen molar-refractivity contribution in [3.8, 4) is 0 Å². The Kier molecular flexibility index (Phi) is 2.98. The average Bonchev–Trinajstić information content (AvgIpc) is 1.95. The Morgan fingerprint density at radius 2 is 1.90 bits per heavy atom. The van der Waals surface area contributed by atoms with Gasteiger partial charge in [-0.1, -0.05) is 32.4 Å². The monoisotopic (exact) mass is 137 g/mol. The van der Waals surface area contributed by atoms with Crippen LogP contribution in [-0.2, 0) is 0 Å². The number of allylic oxidation sites excluding steroid dienone is 1. The molecule has 57 valence electrons. The molecule has 0 spiro atoms. The van der Waals surface area contributed by atoms with Crippen LogP contribution in [0.2, 0.25) is 0 Å². The SMILES string of the molecule is C=[C]CC1CCC(C)CC1. The third-order valence-corrected chi connectivity index (χ3v) is 2.57. The molecule has 0 aliphatic heterocycles. The summed E-state index contributed by atoms with van der Waals surface area (Å²) in [7, 11) is 0. The molecule has 0 nitrogen and oxygen atoms in total. The van der Waals surface area contributed by atoms with Crippen molar-refractivity contribution in [2.24, 2.45) is 11.8 Å². The van der Waals surface area contributed by atoms with E-state index in [1.807, 2.05) is 0 Å². The van der Waals surface area contributed by atoms with Crippen molar-refractivity contribution in [2.45, 2.75) is 39.0 Å². The van der Waals surface area contributed by atoms with E-state index in [4.69, 9.17) is 0 Å². The van der Waals surface area contributed by atoms with E-state index in [9.17, 15) is 0 Å². The number of hydrogen-bond acceptors (Lipinski definition) is 0. The Labute approximate surface area is 64.3 Å². The molecule has 1 rings (SSSR count). The van der Waals surface area contributed by atoms with E-state index in [-0.39, 0.29) is 0 Å². The maximum atomic E-state index is 3.65. The lowest BCUT2D eigenvalue weighted by atomic mass is 9.81. The molecule has 0 atom stereocenters. The van der Waals surface area contributed by atoms with Crippen molar-refractivity contribution >= 4 is 0 Å². The quantitative estimate of drug-likeness (QED) is 0.548. The lowest BCUT2D eigenvalue weighted by molar-refractivity contribution is 0.290. The van der Waals surface area contributed by atoms with E-state index in [0.29, 0.717) is 0 Å². The summed E-state index contributed by atoms with van der Waals surface area (Å²) in [5.74, 6) is 1.88. The largest absolute Gasteiger partial charge is 0.0956 e. The Hall–Kier alpha value is -0.260. The maximum absolute atomic E-state index is 3.65. The van der Waals surface area contributed by atoms with Gasteiger partial charge in [0.15, 0.2) is 0 Å². The zero-order valence-electron chi connectivity index (χ0n) is 6.90. The van der Waals surface area contributed by atoms with Crippen molar-refractivity contribution < 1.29 is 0 Å². The van der Waals surface area contributed by atoms with Gasteiger partial charge in [0.2, 0.25) is 0 Å². The van der Waals surface area contributed by atoms with Crippen LogP contribution in [0.15, 0.2) is 6.58 Å². The van der Waals surface area contributed by atoms with Crippen LogP contribution in [0.5, 0.6) is 0 Å². The highest BCUT2D eigenvalue weighted by molar-refractivity contribution is 4.73. The molecule has 0 amide bonds. The minimum Gasteiger partial charge on any atom is -0.0956 e. The van der Waals surface area contributed by atoms with Gasteiger partial charge in [-0.3, -0.25) is 0 Å². The van der Waals surface area contributed by atoms with Gasteiger partial charge in [-0.2, -0.15) is 0 Å². The molecule has 10 heavy (non-hydrogen) atoms. The van der Waals surface area contributed by atoms with Gasteiger partial charge in [-0.05, 0) is 31.1 Å². The molecule has 1 aliphatic rings. The van der Waals surface area contributed by atoms with Crippen LogP contribution in [0, 0.1) is 17.9 Å². The molecule has 1 fully saturated rings. The second-order valence-electron chi connectivity index (χ2n) is 3.58. The predicted molar refractivity (Wildman–Crippen MR) is 44.6 cm³/mol. The van der Waals surface area contributed by atoms with E-state index in [0.717, 1.165) is 18.3 Å². The second-order valence-corrected chi connectivity index (χ2v) is 3.58. The molecule has 0 heterocycles. The summed E-state index contributed by atoms with van der Waals surface area (Å²) < 4.78 is 0. The maximum Gasteiger partial charge on any atom is -0.0254 e. The molecule has 0 N–H and O–H groups in total. The van der Waals surface area contributed by atoms with Gasteiger partial charge in [-0.15, -0.1) is 0 Å². The van der Waals surface area contributed by atoms with Gasteiger partial charge in [0.1, 0.15) is 0 Å². The minimum atomic E-state index is 0.911. The van der Waals surface area contributed by atoms with Gasteiger partial charge in [0, 0.05) is 0 Å². The topological polar surface area (TPSA) is 0 Å². The van der Waals surface area contributed by atoms with Gasteiger partial charge < -0.3 is 0 Å². The molecule has 0 bridgehead atoms. The highest BCUT2D eigenvalue weighted by Crippen LogP contribution is 2.29. The van der Waals surface area contributed by atoms with Crippen molar-refractivity contribution in [1.29, 1.82) is 0 Å². The van der Waals surface area contributed by atoms with Crippen molar-refractivity contribution in [3.63, 3.8) is 0 Å². The van der Waals surface area contributed by atoms with Crippen molar-refractivity contribution in [1.82, 2.24) is 0 Å². The summed E-state index contributed by atoms with van der Waals surface area (Å²) >= 11 is 0.